The molecular formula is C25H34N4O4S2. The molecule has 2 amide bonds. The van der Waals surface area contributed by atoms with Crippen molar-refractivity contribution in [3.63, 3.8) is 0 Å². The molecule has 1 aliphatic carbocycles. The minimum atomic E-state index is -0.383. The van der Waals surface area contributed by atoms with Crippen molar-refractivity contribution in [1.82, 2.24) is 19.8 Å². The van der Waals surface area contributed by atoms with Gasteiger partial charge in [0.25, 0.3) is 0 Å². The first-order valence-corrected chi connectivity index (χ1v) is 13.9. The van der Waals surface area contributed by atoms with Crippen LogP contribution in [0, 0.1) is 5.92 Å². The van der Waals surface area contributed by atoms with Gasteiger partial charge in [0, 0.05) is 19.5 Å². The van der Waals surface area contributed by atoms with Crippen LogP contribution in [0.15, 0.2) is 45.1 Å². The van der Waals surface area contributed by atoms with Gasteiger partial charge < -0.3 is 24.3 Å². The second-order valence-corrected chi connectivity index (χ2v) is 11.4. The highest BCUT2D eigenvalue weighted by Gasteiger charge is 2.33. The third kappa shape index (κ3) is 6.46. The van der Waals surface area contributed by atoms with Gasteiger partial charge in [-0.2, -0.15) is 0 Å². The number of amides is 2. The molecular weight excluding hydrogens is 484 g/mol. The Morgan fingerprint density at radius 3 is 2.80 bits per heavy atom. The lowest BCUT2D eigenvalue weighted by atomic mass is 9.86. The zero-order valence-electron chi connectivity index (χ0n) is 20.6. The number of carbonyl (C=O) groups is 2. The van der Waals surface area contributed by atoms with Crippen LogP contribution in [0.5, 0.6) is 0 Å². The molecule has 3 aliphatic rings. The Morgan fingerprint density at radius 1 is 1.29 bits per heavy atom. The number of nitrogens with one attached hydrogen (secondary N) is 1. The van der Waals surface area contributed by atoms with Crippen molar-refractivity contribution in [2.24, 2.45) is 13.0 Å². The molecule has 1 aromatic heterocycles. The minimum Gasteiger partial charge on any atom is -0.501 e. The van der Waals surface area contributed by atoms with E-state index in [9.17, 15) is 9.59 Å². The number of thioether (sulfide) groups is 2. The molecule has 0 saturated heterocycles. The summed E-state index contributed by atoms with van der Waals surface area (Å²) in [6, 6.07) is 0.244. The van der Waals surface area contributed by atoms with Crippen LogP contribution in [0.4, 0.5) is 4.79 Å². The molecule has 0 bridgehead atoms. The van der Waals surface area contributed by atoms with Gasteiger partial charge in [-0.25, -0.2) is 14.6 Å². The molecule has 1 saturated carbocycles. The SMILES string of the molecule is CCOC(=O)c1cnc(SC2=CCC=C(NC(=O)N(C3C=COCC3)C3CCC(C)CC3)S2)n1C. The number of allylic oxidation sites excluding steroid dienone is 2. The third-order valence-electron chi connectivity index (χ3n) is 6.55. The molecule has 10 heteroatoms. The van der Waals surface area contributed by atoms with Crippen molar-refractivity contribution in [3.8, 4) is 0 Å². The largest absolute Gasteiger partial charge is 0.501 e. The Balaban J connectivity index is 1.40. The fraction of sp³-hybridized carbons (Fsp3) is 0.560. The normalized spacial score (nSPS) is 24.1. The highest BCUT2D eigenvalue weighted by atomic mass is 32.2. The van der Waals surface area contributed by atoms with Gasteiger partial charge in [-0.3, -0.25) is 0 Å². The van der Waals surface area contributed by atoms with Crippen LogP contribution in [-0.4, -0.2) is 51.7 Å². The van der Waals surface area contributed by atoms with Crippen LogP contribution in [-0.2, 0) is 16.5 Å². The molecule has 1 atom stereocenters. The number of hydrogen-bond donors (Lipinski definition) is 1. The zero-order chi connectivity index (χ0) is 24.8. The average Bonchev–Trinajstić information content (AvgIpc) is 3.21. The molecule has 0 aromatic carbocycles. The summed E-state index contributed by atoms with van der Waals surface area (Å²) in [4.78, 5) is 32.1. The number of nitrogens with zero attached hydrogens (tertiary/aromatic N) is 3. The van der Waals surface area contributed by atoms with Crippen LogP contribution < -0.4 is 5.32 Å². The van der Waals surface area contributed by atoms with E-state index >= 15 is 0 Å². The van der Waals surface area contributed by atoms with E-state index in [1.54, 1.807) is 24.8 Å². The lowest BCUT2D eigenvalue weighted by Crippen LogP contribution is -2.52. The maximum atomic E-state index is 13.5. The Bertz CT molecular complexity index is 1010. The van der Waals surface area contributed by atoms with Crippen LogP contribution in [0.3, 0.4) is 0 Å². The number of imidazole rings is 1. The number of hydrogen-bond acceptors (Lipinski definition) is 7. The summed E-state index contributed by atoms with van der Waals surface area (Å²) in [5.41, 5.74) is 0.418. The summed E-state index contributed by atoms with van der Waals surface area (Å²) in [6.07, 6.45) is 15.3. The van der Waals surface area contributed by atoms with E-state index in [-0.39, 0.29) is 24.1 Å². The number of carbonyl (C=O) groups excluding carboxylic acids is 2. The molecule has 2 aliphatic heterocycles. The molecule has 3 heterocycles. The molecule has 1 aromatic rings. The first kappa shape index (κ1) is 25.8. The summed E-state index contributed by atoms with van der Waals surface area (Å²) < 4.78 is 13.2. The van der Waals surface area contributed by atoms with Gasteiger partial charge in [-0.05, 0) is 68.9 Å². The van der Waals surface area contributed by atoms with Crippen LogP contribution in [0.25, 0.3) is 0 Å². The number of rotatable bonds is 7. The first-order chi connectivity index (χ1) is 17.0. The van der Waals surface area contributed by atoms with Crippen LogP contribution >= 0.6 is 23.5 Å². The van der Waals surface area contributed by atoms with Crippen LogP contribution in [0.2, 0.25) is 0 Å². The maximum Gasteiger partial charge on any atom is 0.356 e. The second-order valence-electron chi connectivity index (χ2n) is 9.04. The topological polar surface area (TPSA) is 85.7 Å². The monoisotopic (exact) mass is 518 g/mol. The van der Waals surface area contributed by atoms with Gasteiger partial charge in [0.1, 0.15) is 5.69 Å². The van der Waals surface area contributed by atoms with E-state index in [0.717, 1.165) is 53.7 Å². The number of aromatic nitrogens is 2. The Labute approximate surface area is 215 Å². The van der Waals surface area contributed by atoms with Crippen molar-refractivity contribution < 1.29 is 19.1 Å². The lowest BCUT2D eigenvalue weighted by Gasteiger charge is -2.41. The Hall–Kier alpha value is -2.33. The Kier molecular flexibility index (Phi) is 8.89. The Morgan fingerprint density at radius 2 is 2.09 bits per heavy atom. The predicted molar refractivity (Wildman–Crippen MR) is 139 cm³/mol. The predicted octanol–water partition coefficient (Wildman–Crippen LogP) is 5.40. The van der Waals surface area contributed by atoms with E-state index in [0.29, 0.717) is 24.1 Å². The maximum absolute atomic E-state index is 13.5. The van der Waals surface area contributed by atoms with Gasteiger partial charge in [0.05, 0.1) is 41.0 Å². The van der Waals surface area contributed by atoms with E-state index < -0.39 is 0 Å². The van der Waals surface area contributed by atoms with E-state index in [4.69, 9.17) is 9.47 Å². The quantitative estimate of drug-likeness (QED) is 0.484. The molecule has 0 spiro atoms. The van der Waals surface area contributed by atoms with E-state index in [1.165, 1.54) is 29.7 Å². The summed E-state index contributed by atoms with van der Waals surface area (Å²) in [6.45, 7) is 5.03. The highest BCUT2D eigenvalue weighted by molar-refractivity contribution is 8.23. The molecule has 1 N–H and O–H groups in total. The fourth-order valence-corrected chi connectivity index (χ4v) is 6.65. The lowest BCUT2D eigenvalue weighted by molar-refractivity contribution is 0.0514. The summed E-state index contributed by atoms with van der Waals surface area (Å²) >= 11 is 2.99. The summed E-state index contributed by atoms with van der Waals surface area (Å²) in [5, 5.41) is 4.70. The third-order valence-corrected chi connectivity index (χ3v) is 8.84. The molecule has 4 rings (SSSR count). The average molecular weight is 519 g/mol. The van der Waals surface area contributed by atoms with Gasteiger partial charge in [-0.1, -0.05) is 24.8 Å². The van der Waals surface area contributed by atoms with Crippen molar-refractivity contribution in [3.05, 3.63) is 45.6 Å². The van der Waals surface area contributed by atoms with Crippen molar-refractivity contribution >= 4 is 35.5 Å². The smallest absolute Gasteiger partial charge is 0.356 e. The molecule has 8 nitrogen and oxygen atoms in total. The zero-order valence-corrected chi connectivity index (χ0v) is 22.2. The molecule has 0 radical (unpaired) electrons. The molecule has 1 unspecified atom stereocenters. The summed E-state index contributed by atoms with van der Waals surface area (Å²) in [5.74, 6) is 0.338. The molecule has 1 fully saturated rings. The standard InChI is InChI=1S/C25H34N4O4S2/c1-4-33-23(30)20-16-26-25(28(20)3)35-22-7-5-6-21(34-22)27-24(31)29(19-12-14-32-15-13-19)18-10-8-17(2)9-11-18/h6-7,12,14,16-19H,4-5,8-11,13,15H2,1-3H3,(H,27,31). The van der Waals surface area contributed by atoms with Gasteiger partial charge in [0.2, 0.25) is 0 Å². The summed E-state index contributed by atoms with van der Waals surface area (Å²) in [7, 11) is 1.80. The van der Waals surface area contributed by atoms with Gasteiger partial charge >= 0.3 is 12.0 Å². The number of urea groups is 1. The van der Waals surface area contributed by atoms with Crippen LogP contribution in [0.1, 0.15) is 62.9 Å². The first-order valence-electron chi connectivity index (χ1n) is 12.3. The van der Waals surface area contributed by atoms with Crippen molar-refractivity contribution in [2.45, 2.75) is 69.6 Å². The minimum absolute atomic E-state index is 0.0484. The molecule has 35 heavy (non-hydrogen) atoms. The van der Waals surface area contributed by atoms with Gasteiger partial charge in [0.15, 0.2) is 5.16 Å². The second kappa shape index (κ2) is 12.1. The van der Waals surface area contributed by atoms with Gasteiger partial charge in [-0.15, -0.1) is 0 Å². The van der Waals surface area contributed by atoms with Crippen molar-refractivity contribution in [1.29, 1.82) is 0 Å². The number of ether oxygens (including phenoxy) is 2. The van der Waals surface area contributed by atoms with Crippen molar-refractivity contribution in [2.75, 3.05) is 13.2 Å². The fourth-order valence-electron chi connectivity index (χ4n) is 4.57. The highest BCUT2D eigenvalue weighted by Crippen LogP contribution is 2.40. The van der Waals surface area contributed by atoms with E-state index in [1.807, 2.05) is 17.1 Å². The number of esters is 1. The molecule has 190 valence electrons. The van der Waals surface area contributed by atoms with E-state index in [2.05, 4.69) is 23.3 Å².